The van der Waals surface area contributed by atoms with Gasteiger partial charge in [0.1, 0.15) is 6.61 Å². The highest BCUT2D eigenvalue weighted by molar-refractivity contribution is 5.92. The Hall–Kier alpha value is -3.06. The van der Waals surface area contributed by atoms with Gasteiger partial charge >= 0.3 is 6.03 Å². The second kappa shape index (κ2) is 11.4. The number of carbonyl (C=O) groups excluding carboxylic acids is 2. The topological polar surface area (TPSA) is 73.9 Å². The molecule has 31 heavy (non-hydrogen) atoms. The van der Waals surface area contributed by atoms with E-state index >= 15 is 0 Å². The number of amides is 3. The van der Waals surface area contributed by atoms with Crippen molar-refractivity contribution in [3.05, 3.63) is 59.7 Å². The van der Waals surface area contributed by atoms with Gasteiger partial charge in [-0.15, -0.1) is 0 Å². The zero-order valence-electron chi connectivity index (χ0n) is 19.3. The molecular formula is C24H34N4O3. The third-order valence-corrected chi connectivity index (χ3v) is 4.88. The standard InChI is InChI=1S/C24H34N4O3/c1-17(2)25-24(30)28(18(3)19-10-8-7-9-11-19)15-20-14-21(26-23(29)16-31-6)12-13-22(20)27(4)5/h7-14,17-18H,15-16H2,1-6H3,(H,25,30)(H,26,29)/t18-/m1/s1. The number of benzene rings is 2. The first-order chi connectivity index (χ1) is 14.7. The van der Waals surface area contributed by atoms with Crippen LogP contribution in [0.3, 0.4) is 0 Å². The average Bonchev–Trinajstić information content (AvgIpc) is 2.71. The van der Waals surface area contributed by atoms with Crippen molar-refractivity contribution in [2.45, 2.75) is 39.4 Å². The van der Waals surface area contributed by atoms with Crippen LogP contribution in [0.25, 0.3) is 0 Å². The summed E-state index contributed by atoms with van der Waals surface area (Å²) < 4.78 is 4.90. The van der Waals surface area contributed by atoms with Crippen LogP contribution >= 0.6 is 0 Å². The Morgan fingerprint density at radius 2 is 1.71 bits per heavy atom. The highest BCUT2D eigenvalue weighted by atomic mass is 16.5. The van der Waals surface area contributed by atoms with Gasteiger partial charge in [-0.2, -0.15) is 0 Å². The maximum absolute atomic E-state index is 13.1. The molecular weight excluding hydrogens is 392 g/mol. The smallest absolute Gasteiger partial charge is 0.318 e. The van der Waals surface area contributed by atoms with Crippen LogP contribution in [0.1, 0.15) is 37.9 Å². The summed E-state index contributed by atoms with van der Waals surface area (Å²) in [4.78, 5) is 28.9. The number of ether oxygens (including phenoxy) is 1. The Kier molecular flexibility index (Phi) is 8.88. The number of rotatable bonds is 9. The second-order valence-corrected chi connectivity index (χ2v) is 8.04. The Balaban J connectivity index is 2.40. The van der Waals surface area contributed by atoms with Crippen LogP contribution < -0.4 is 15.5 Å². The van der Waals surface area contributed by atoms with E-state index in [1.807, 2.05) is 93.2 Å². The van der Waals surface area contributed by atoms with Gasteiger partial charge in [0, 0.05) is 38.6 Å². The fourth-order valence-electron chi connectivity index (χ4n) is 3.36. The zero-order valence-corrected chi connectivity index (χ0v) is 19.3. The van der Waals surface area contributed by atoms with E-state index in [1.165, 1.54) is 7.11 Å². The number of carbonyl (C=O) groups is 2. The van der Waals surface area contributed by atoms with Crippen LogP contribution in [0.2, 0.25) is 0 Å². The summed E-state index contributed by atoms with van der Waals surface area (Å²) in [5, 5.41) is 5.86. The van der Waals surface area contributed by atoms with Gasteiger partial charge < -0.3 is 25.2 Å². The third-order valence-electron chi connectivity index (χ3n) is 4.88. The van der Waals surface area contributed by atoms with Crippen molar-refractivity contribution in [1.29, 1.82) is 0 Å². The highest BCUT2D eigenvalue weighted by Crippen LogP contribution is 2.28. The summed E-state index contributed by atoms with van der Waals surface area (Å²) in [5.74, 6) is -0.224. The molecule has 0 aromatic heterocycles. The minimum absolute atomic E-state index is 0.0152. The molecule has 0 unspecified atom stereocenters. The van der Waals surface area contributed by atoms with E-state index in [4.69, 9.17) is 4.74 Å². The molecule has 7 heteroatoms. The van der Waals surface area contributed by atoms with Crippen LogP contribution in [-0.4, -0.2) is 50.7 Å². The van der Waals surface area contributed by atoms with Crippen LogP contribution in [0.15, 0.2) is 48.5 Å². The first kappa shape index (κ1) is 24.2. The summed E-state index contributed by atoms with van der Waals surface area (Å²) in [5.41, 5.74) is 3.63. The zero-order chi connectivity index (χ0) is 23.0. The van der Waals surface area contributed by atoms with E-state index in [9.17, 15) is 9.59 Å². The van der Waals surface area contributed by atoms with Crippen LogP contribution in [0.4, 0.5) is 16.2 Å². The molecule has 0 saturated carbocycles. The summed E-state index contributed by atoms with van der Waals surface area (Å²) in [6.45, 7) is 6.28. The van der Waals surface area contributed by atoms with Gasteiger partial charge in [-0.1, -0.05) is 30.3 Å². The molecule has 2 N–H and O–H groups in total. The summed E-state index contributed by atoms with van der Waals surface area (Å²) in [6, 6.07) is 15.4. The molecule has 0 bridgehead atoms. The number of urea groups is 1. The van der Waals surface area contributed by atoms with E-state index in [0.29, 0.717) is 12.2 Å². The SMILES string of the molecule is COCC(=O)Nc1ccc(N(C)C)c(CN(C(=O)NC(C)C)[C@H](C)c2ccccc2)c1. The van der Waals surface area contributed by atoms with Crippen molar-refractivity contribution >= 4 is 23.3 Å². The maximum Gasteiger partial charge on any atom is 0.318 e. The molecule has 0 aliphatic rings. The fourth-order valence-corrected chi connectivity index (χ4v) is 3.36. The predicted molar refractivity (Wildman–Crippen MR) is 125 cm³/mol. The van der Waals surface area contributed by atoms with Crippen LogP contribution in [-0.2, 0) is 16.1 Å². The lowest BCUT2D eigenvalue weighted by molar-refractivity contribution is -0.119. The molecule has 3 amide bonds. The molecule has 0 saturated heterocycles. The predicted octanol–water partition coefficient (Wildman–Crippen LogP) is 4.02. The highest BCUT2D eigenvalue weighted by Gasteiger charge is 2.24. The minimum atomic E-state index is -0.224. The van der Waals surface area contributed by atoms with Crippen molar-refractivity contribution in [2.75, 3.05) is 38.0 Å². The Morgan fingerprint density at radius 1 is 1.03 bits per heavy atom. The Bertz CT molecular complexity index is 868. The lowest BCUT2D eigenvalue weighted by atomic mass is 10.0. The van der Waals surface area contributed by atoms with Crippen molar-refractivity contribution in [1.82, 2.24) is 10.2 Å². The first-order valence-corrected chi connectivity index (χ1v) is 10.4. The van der Waals surface area contributed by atoms with E-state index in [-0.39, 0.29) is 30.6 Å². The van der Waals surface area contributed by atoms with E-state index in [1.54, 1.807) is 0 Å². The largest absolute Gasteiger partial charge is 0.377 e. The average molecular weight is 427 g/mol. The lowest BCUT2D eigenvalue weighted by Gasteiger charge is -2.32. The van der Waals surface area contributed by atoms with Crippen molar-refractivity contribution < 1.29 is 14.3 Å². The van der Waals surface area contributed by atoms with Crippen LogP contribution in [0.5, 0.6) is 0 Å². The second-order valence-electron chi connectivity index (χ2n) is 8.04. The molecule has 1 atom stereocenters. The number of hydrogen-bond donors (Lipinski definition) is 2. The monoisotopic (exact) mass is 426 g/mol. The molecule has 2 rings (SSSR count). The molecule has 7 nitrogen and oxygen atoms in total. The van der Waals surface area contributed by atoms with Gasteiger partial charge in [0.2, 0.25) is 5.91 Å². The molecule has 2 aromatic carbocycles. The molecule has 0 spiro atoms. The van der Waals surface area contributed by atoms with Gasteiger partial charge in [0.15, 0.2) is 0 Å². The molecule has 168 valence electrons. The number of methoxy groups -OCH3 is 1. The first-order valence-electron chi connectivity index (χ1n) is 10.4. The third kappa shape index (κ3) is 7.00. The van der Waals surface area contributed by atoms with E-state index < -0.39 is 0 Å². The van der Waals surface area contributed by atoms with Gasteiger partial charge in [-0.3, -0.25) is 4.79 Å². The van der Waals surface area contributed by atoms with Crippen molar-refractivity contribution in [2.24, 2.45) is 0 Å². The molecule has 0 radical (unpaired) electrons. The van der Waals surface area contributed by atoms with E-state index in [2.05, 4.69) is 10.6 Å². The summed E-state index contributed by atoms with van der Waals surface area (Å²) >= 11 is 0. The summed E-state index contributed by atoms with van der Waals surface area (Å²) in [6.07, 6.45) is 0. The Morgan fingerprint density at radius 3 is 2.29 bits per heavy atom. The normalized spacial score (nSPS) is 11.7. The molecule has 0 fully saturated rings. The summed E-state index contributed by atoms with van der Waals surface area (Å²) in [7, 11) is 5.40. The minimum Gasteiger partial charge on any atom is -0.377 e. The van der Waals surface area contributed by atoms with Gasteiger partial charge in [-0.25, -0.2) is 4.79 Å². The Labute approximate surface area is 185 Å². The number of hydrogen-bond acceptors (Lipinski definition) is 4. The van der Waals surface area contributed by atoms with Gasteiger partial charge in [0.05, 0.1) is 12.6 Å². The maximum atomic E-state index is 13.1. The van der Waals surface area contributed by atoms with Gasteiger partial charge in [0.25, 0.3) is 0 Å². The van der Waals surface area contributed by atoms with Crippen molar-refractivity contribution in [3.63, 3.8) is 0 Å². The quantitative estimate of drug-likeness (QED) is 0.635. The molecule has 0 aliphatic heterocycles. The number of nitrogens with one attached hydrogen (secondary N) is 2. The van der Waals surface area contributed by atoms with Crippen LogP contribution in [0, 0.1) is 0 Å². The van der Waals surface area contributed by atoms with E-state index in [0.717, 1.165) is 16.8 Å². The fraction of sp³-hybridized carbons (Fsp3) is 0.417. The number of anilines is 2. The molecule has 0 heterocycles. The van der Waals surface area contributed by atoms with Crippen molar-refractivity contribution in [3.8, 4) is 0 Å². The number of nitrogens with zero attached hydrogens (tertiary/aromatic N) is 2. The molecule has 0 aliphatic carbocycles. The molecule has 2 aromatic rings. The lowest BCUT2D eigenvalue weighted by Crippen LogP contribution is -2.44. The van der Waals surface area contributed by atoms with Gasteiger partial charge in [-0.05, 0) is 50.1 Å².